The molecule has 2 aliphatic carbocycles. The molecule has 2 heterocycles. The van der Waals surface area contributed by atoms with Gasteiger partial charge in [-0.3, -0.25) is 4.90 Å². The van der Waals surface area contributed by atoms with Crippen molar-refractivity contribution >= 4 is 6.09 Å². The maximum atomic E-state index is 12.9. The van der Waals surface area contributed by atoms with Gasteiger partial charge in [-0.2, -0.15) is 0 Å². The van der Waals surface area contributed by atoms with Gasteiger partial charge in [-0.1, -0.05) is 48.5 Å². The Morgan fingerprint density at radius 2 is 1.47 bits per heavy atom. The summed E-state index contributed by atoms with van der Waals surface area (Å²) in [5, 5.41) is 3.53. The zero-order valence-electron chi connectivity index (χ0n) is 21.6. The maximum Gasteiger partial charge on any atom is 0.409 e. The molecule has 0 atom stereocenters. The second kappa shape index (κ2) is 10.5. The number of amides is 1. The van der Waals surface area contributed by atoms with E-state index in [9.17, 15) is 4.79 Å². The van der Waals surface area contributed by atoms with Crippen molar-refractivity contribution in [2.75, 3.05) is 52.4 Å². The van der Waals surface area contributed by atoms with Crippen LogP contribution in [0.4, 0.5) is 4.79 Å². The number of ether oxygens (including phenoxy) is 1. The molecule has 2 aliphatic heterocycles. The Bertz CT molecular complexity index is 1000. The Morgan fingerprint density at radius 1 is 0.861 bits per heavy atom. The molecule has 5 nitrogen and oxygen atoms in total. The quantitative estimate of drug-likeness (QED) is 0.605. The van der Waals surface area contributed by atoms with Crippen LogP contribution in [0.15, 0.2) is 48.5 Å². The average molecular weight is 488 g/mol. The van der Waals surface area contributed by atoms with Crippen LogP contribution in [-0.2, 0) is 4.74 Å². The van der Waals surface area contributed by atoms with Crippen LogP contribution in [0.5, 0.6) is 0 Å². The van der Waals surface area contributed by atoms with Gasteiger partial charge in [0.15, 0.2) is 0 Å². The maximum absolute atomic E-state index is 12.9. The van der Waals surface area contributed by atoms with Crippen LogP contribution < -0.4 is 5.32 Å². The molecule has 0 unspecified atom stereocenters. The molecule has 2 saturated heterocycles. The highest BCUT2D eigenvalue weighted by Gasteiger charge is 2.36. The molecule has 1 N–H and O–H groups in total. The van der Waals surface area contributed by atoms with Crippen LogP contribution in [0, 0.1) is 11.3 Å². The highest BCUT2D eigenvalue weighted by molar-refractivity contribution is 5.79. The van der Waals surface area contributed by atoms with E-state index in [2.05, 4.69) is 58.7 Å². The van der Waals surface area contributed by atoms with E-state index >= 15 is 0 Å². The second-order valence-corrected chi connectivity index (χ2v) is 11.6. The van der Waals surface area contributed by atoms with Crippen molar-refractivity contribution in [3.8, 4) is 11.1 Å². The Labute approximate surface area is 216 Å². The minimum atomic E-state index is -0.156. The molecule has 2 aromatic rings. The van der Waals surface area contributed by atoms with Gasteiger partial charge in [-0.05, 0) is 98.2 Å². The largest absolute Gasteiger partial charge is 0.448 e. The number of benzene rings is 2. The highest BCUT2D eigenvalue weighted by atomic mass is 16.6. The van der Waals surface area contributed by atoms with Crippen molar-refractivity contribution in [3.05, 3.63) is 59.7 Å². The number of hydrogen-bond donors (Lipinski definition) is 1. The monoisotopic (exact) mass is 487 g/mol. The Morgan fingerprint density at radius 3 is 2.11 bits per heavy atom. The van der Waals surface area contributed by atoms with Gasteiger partial charge in [0.05, 0.1) is 0 Å². The number of carbonyl (C=O) groups is 1. The summed E-state index contributed by atoms with van der Waals surface area (Å²) in [7, 11) is 0. The lowest BCUT2D eigenvalue weighted by molar-refractivity contribution is 0.0681. The van der Waals surface area contributed by atoms with Crippen molar-refractivity contribution in [3.63, 3.8) is 0 Å². The number of piperidine rings is 1. The third kappa shape index (κ3) is 4.92. The summed E-state index contributed by atoms with van der Waals surface area (Å²) < 4.78 is 5.89. The Kier molecular flexibility index (Phi) is 7.03. The van der Waals surface area contributed by atoms with E-state index in [4.69, 9.17) is 4.74 Å². The molecule has 1 amide bonds. The second-order valence-electron chi connectivity index (χ2n) is 11.6. The number of nitrogens with one attached hydrogen (secondary N) is 1. The molecule has 5 heteroatoms. The van der Waals surface area contributed by atoms with Gasteiger partial charge in [-0.15, -0.1) is 0 Å². The first-order chi connectivity index (χ1) is 17.7. The number of carbonyl (C=O) groups excluding carboxylic acids is 1. The SMILES string of the molecule is O=C(OCC1c2ccccc2-c2ccccc21)N1CCN(CCC2CCC3(CCNCC3)CC2)CC1. The first-order valence-corrected chi connectivity index (χ1v) is 14.2. The molecular formula is C31H41N3O2. The number of piperazine rings is 1. The first kappa shape index (κ1) is 24.0. The van der Waals surface area contributed by atoms with Crippen LogP contribution in [0.3, 0.4) is 0 Å². The summed E-state index contributed by atoms with van der Waals surface area (Å²) in [5.74, 6) is 1.02. The number of rotatable bonds is 5. The molecular weight excluding hydrogens is 446 g/mol. The molecule has 6 rings (SSSR count). The van der Waals surface area contributed by atoms with E-state index < -0.39 is 0 Å². The minimum Gasteiger partial charge on any atom is -0.448 e. The molecule has 0 aromatic heterocycles. The van der Waals surface area contributed by atoms with Crippen LogP contribution >= 0.6 is 0 Å². The summed E-state index contributed by atoms with van der Waals surface area (Å²) in [6.45, 7) is 7.51. The van der Waals surface area contributed by atoms with Crippen molar-refractivity contribution in [1.82, 2.24) is 15.1 Å². The molecule has 0 radical (unpaired) electrons. The Balaban J connectivity index is 0.943. The smallest absolute Gasteiger partial charge is 0.409 e. The summed E-state index contributed by atoms with van der Waals surface area (Å²) >= 11 is 0. The van der Waals surface area contributed by atoms with Crippen molar-refractivity contribution in [2.24, 2.45) is 11.3 Å². The minimum absolute atomic E-state index is 0.127. The fourth-order valence-electron chi connectivity index (χ4n) is 7.24. The number of nitrogens with zero attached hydrogens (tertiary/aromatic N) is 2. The lowest BCUT2D eigenvalue weighted by Gasteiger charge is -2.43. The molecule has 1 spiro atoms. The van der Waals surface area contributed by atoms with Gasteiger partial charge in [0.1, 0.15) is 6.61 Å². The standard InChI is InChI=1S/C31H41N3O2/c35-30(36-23-29-27-7-3-1-5-25(27)26-6-2-4-8-28(26)29)34-21-19-33(20-22-34)18-11-24-9-12-31(13-10-24)14-16-32-17-15-31/h1-8,24,29,32H,9-23H2. The van der Waals surface area contributed by atoms with Gasteiger partial charge in [0.2, 0.25) is 0 Å². The van der Waals surface area contributed by atoms with Crippen LogP contribution in [-0.4, -0.2) is 68.3 Å². The molecule has 0 bridgehead atoms. The van der Waals surface area contributed by atoms with Crippen LogP contribution in [0.25, 0.3) is 11.1 Å². The van der Waals surface area contributed by atoms with Crippen molar-refractivity contribution < 1.29 is 9.53 Å². The molecule has 3 fully saturated rings. The van der Waals surface area contributed by atoms with Crippen molar-refractivity contribution in [2.45, 2.75) is 50.9 Å². The number of fused-ring (bicyclic) bond motifs is 3. The molecule has 4 aliphatic rings. The molecule has 2 aromatic carbocycles. The van der Waals surface area contributed by atoms with E-state index in [0.29, 0.717) is 12.0 Å². The van der Waals surface area contributed by atoms with Gasteiger partial charge in [0.25, 0.3) is 0 Å². The summed E-state index contributed by atoms with van der Waals surface area (Å²) in [5.41, 5.74) is 5.74. The van der Waals surface area contributed by atoms with E-state index in [1.54, 1.807) is 0 Å². The Hall–Kier alpha value is -2.37. The van der Waals surface area contributed by atoms with Gasteiger partial charge in [-0.25, -0.2) is 4.79 Å². The van der Waals surface area contributed by atoms with Gasteiger partial charge >= 0.3 is 6.09 Å². The first-order valence-electron chi connectivity index (χ1n) is 14.2. The van der Waals surface area contributed by atoms with E-state index in [1.807, 2.05) is 4.90 Å². The van der Waals surface area contributed by atoms with Crippen LogP contribution in [0.2, 0.25) is 0 Å². The van der Waals surface area contributed by atoms with E-state index in [-0.39, 0.29) is 12.0 Å². The third-order valence-corrected chi connectivity index (χ3v) is 9.65. The van der Waals surface area contributed by atoms with Gasteiger partial charge < -0.3 is 15.0 Å². The van der Waals surface area contributed by atoms with Crippen LogP contribution in [0.1, 0.15) is 62.0 Å². The zero-order chi connectivity index (χ0) is 24.4. The molecule has 1 saturated carbocycles. The molecule has 192 valence electrons. The van der Waals surface area contributed by atoms with Gasteiger partial charge in [0, 0.05) is 32.1 Å². The topological polar surface area (TPSA) is 44.8 Å². The lowest BCUT2D eigenvalue weighted by atomic mass is 9.65. The summed E-state index contributed by atoms with van der Waals surface area (Å²) in [6, 6.07) is 17.0. The van der Waals surface area contributed by atoms with Crippen molar-refractivity contribution in [1.29, 1.82) is 0 Å². The zero-order valence-corrected chi connectivity index (χ0v) is 21.6. The third-order valence-electron chi connectivity index (χ3n) is 9.65. The highest BCUT2D eigenvalue weighted by Crippen LogP contribution is 2.46. The fraction of sp³-hybridized carbons (Fsp3) is 0.581. The predicted octanol–water partition coefficient (Wildman–Crippen LogP) is 5.50. The summed E-state index contributed by atoms with van der Waals surface area (Å²) in [6.07, 6.45) is 9.65. The van der Waals surface area contributed by atoms with E-state index in [1.165, 1.54) is 86.8 Å². The van der Waals surface area contributed by atoms with E-state index in [0.717, 1.165) is 32.1 Å². The summed E-state index contributed by atoms with van der Waals surface area (Å²) in [4.78, 5) is 17.4. The fourth-order valence-corrected chi connectivity index (χ4v) is 7.24. The lowest BCUT2D eigenvalue weighted by Crippen LogP contribution is -2.49. The predicted molar refractivity (Wildman–Crippen MR) is 144 cm³/mol. The average Bonchev–Trinajstić information content (AvgIpc) is 3.26. The normalized spacial score (nSPS) is 22.4. The number of hydrogen-bond acceptors (Lipinski definition) is 4. The molecule has 36 heavy (non-hydrogen) atoms.